The number of likely N-dealkylation sites (N-methyl/N-ethyl adjacent to an activating group) is 1. The number of nitrogens with zero attached hydrogens (tertiary/aromatic N) is 1. The van der Waals surface area contributed by atoms with Crippen LogP contribution >= 0.6 is 0 Å². The van der Waals surface area contributed by atoms with Gasteiger partial charge in [-0.1, -0.05) is 12.8 Å². The fourth-order valence-corrected chi connectivity index (χ4v) is 2.14. The first-order chi connectivity index (χ1) is 5.54. The van der Waals surface area contributed by atoms with E-state index in [0.29, 0.717) is 5.54 Å². The molecule has 0 saturated heterocycles. The third-order valence-corrected chi connectivity index (χ3v) is 3.14. The van der Waals surface area contributed by atoms with Crippen molar-refractivity contribution in [1.29, 1.82) is 0 Å². The fraction of sp³-hybridized carbons (Fsp3) is 1.00. The van der Waals surface area contributed by atoms with Crippen molar-refractivity contribution in [3.8, 4) is 0 Å². The molecule has 2 nitrogen and oxygen atoms in total. The van der Waals surface area contributed by atoms with Crippen molar-refractivity contribution < 1.29 is 5.11 Å². The van der Waals surface area contributed by atoms with Gasteiger partial charge < -0.3 is 5.11 Å². The maximum atomic E-state index is 9.26. The lowest BCUT2D eigenvalue weighted by Gasteiger charge is -2.36. The summed E-state index contributed by atoms with van der Waals surface area (Å²) in [5.74, 6) is 0. The van der Waals surface area contributed by atoms with Gasteiger partial charge >= 0.3 is 0 Å². The van der Waals surface area contributed by atoms with E-state index in [-0.39, 0.29) is 6.10 Å². The highest BCUT2D eigenvalue weighted by atomic mass is 16.3. The first-order valence-corrected chi connectivity index (χ1v) is 4.94. The van der Waals surface area contributed by atoms with Crippen LogP contribution in [0.25, 0.3) is 0 Å². The Balaban J connectivity index is 2.44. The molecule has 0 bridgehead atoms. The Hall–Kier alpha value is -0.0800. The highest BCUT2D eigenvalue weighted by molar-refractivity contribution is 4.89. The van der Waals surface area contributed by atoms with Gasteiger partial charge in [-0.3, -0.25) is 4.90 Å². The summed E-state index contributed by atoms with van der Waals surface area (Å²) >= 11 is 0. The summed E-state index contributed by atoms with van der Waals surface area (Å²) in [7, 11) is 2.12. The minimum atomic E-state index is -0.201. The van der Waals surface area contributed by atoms with Crippen molar-refractivity contribution >= 4 is 0 Å². The minimum absolute atomic E-state index is 0.201. The molecule has 0 aromatic rings. The molecule has 12 heavy (non-hydrogen) atoms. The smallest absolute Gasteiger partial charge is 0.0639 e. The molecular weight excluding hydrogens is 150 g/mol. The van der Waals surface area contributed by atoms with E-state index in [1.807, 2.05) is 6.92 Å². The van der Waals surface area contributed by atoms with Gasteiger partial charge in [-0.15, -0.1) is 0 Å². The fourth-order valence-electron chi connectivity index (χ4n) is 2.14. The van der Waals surface area contributed by atoms with Crippen LogP contribution in [-0.4, -0.2) is 35.2 Å². The molecule has 1 saturated carbocycles. The SMILES string of the molecule is CC(O)CN(C)C1(C)CCCC1. The van der Waals surface area contributed by atoms with Crippen molar-refractivity contribution in [2.24, 2.45) is 0 Å². The van der Waals surface area contributed by atoms with E-state index in [1.165, 1.54) is 25.7 Å². The number of β-amino-alcohol motifs (C(OH)–C–C–N with tert-alkyl or cyclic N) is 1. The van der Waals surface area contributed by atoms with Crippen LogP contribution in [0.3, 0.4) is 0 Å². The Kier molecular flexibility index (Phi) is 3.13. The Morgan fingerprint density at radius 2 is 1.92 bits per heavy atom. The first-order valence-electron chi connectivity index (χ1n) is 4.94. The predicted molar refractivity (Wildman–Crippen MR) is 51.2 cm³/mol. The monoisotopic (exact) mass is 171 g/mol. The van der Waals surface area contributed by atoms with E-state index < -0.39 is 0 Å². The summed E-state index contributed by atoms with van der Waals surface area (Å²) in [6, 6.07) is 0. The van der Waals surface area contributed by atoms with E-state index in [0.717, 1.165) is 6.54 Å². The van der Waals surface area contributed by atoms with Gasteiger partial charge in [-0.25, -0.2) is 0 Å². The lowest BCUT2D eigenvalue weighted by atomic mass is 9.98. The molecule has 1 fully saturated rings. The second-order valence-electron chi connectivity index (χ2n) is 4.43. The van der Waals surface area contributed by atoms with Crippen LogP contribution in [0.2, 0.25) is 0 Å². The number of hydrogen-bond acceptors (Lipinski definition) is 2. The number of aliphatic hydroxyl groups is 1. The molecular formula is C10H21NO. The van der Waals surface area contributed by atoms with Gasteiger partial charge in [0.05, 0.1) is 6.10 Å². The van der Waals surface area contributed by atoms with Gasteiger partial charge in [0.2, 0.25) is 0 Å². The lowest BCUT2D eigenvalue weighted by Crippen LogP contribution is -2.44. The van der Waals surface area contributed by atoms with Gasteiger partial charge in [0.1, 0.15) is 0 Å². The molecule has 0 spiro atoms. The van der Waals surface area contributed by atoms with E-state index in [4.69, 9.17) is 0 Å². The summed E-state index contributed by atoms with van der Waals surface area (Å²) in [4.78, 5) is 2.31. The van der Waals surface area contributed by atoms with Crippen LogP contribution in [0.5, 0.6) is 0 Å². The van der Waals surface area contributed by atoms with Gasteiger partial charge in [-0.2, -0.15) is 0 Å². The molecule has 0 amide bonds. The van der Waals surface area contributed by atoms with Gasteiger partial charge in [0.25, 0.3) is 0 Å². The zero-order chi connectivity index (χ0) is 9.19. The van der Waals surface area contributed by atoms with Crippen LogP contribution in [0, 0.1) is 0 Å². The maximum Gasteiger partial charge on any atom is 0.0639 e. The van der Waals surface area contributed by atoms with Crippen LogP contribution in [0.15, 0.2) is 0 Å². The van der Waals surface area contributed by atoms with Crippen LogP contribution in [0.4, 0.5) is 0 Å². The molecule has 1 aliphatic carbocycles. The Bertz CT molecular complexity index is 139. The van der Waals surface area contributed by atoms with E-state index in [2.05, 4.69) is 18.9 Å². The zero-order valence-electron chi connectivity index (χ0n) is 8.51. The summed E-state index contributed by atoms with van der Waals surface area (Å²) in [5.41, 5.74) is 0.358. The van der Waals surface area contributed by atoms with Crippen molar-refractivity contribution in [1.82, 2.24) is 4.90 Å². The average molecular weight is 171 g/mol. The summed E-state index contributed by atoms with van der Waals surface area (Å²) in [5, 5.41) is 9.26. The molecule has 0 aliphatic heterocycles. The Morgan fingerprint density at radius 1 is 1.42 bits per heavy atom. The van der Waals surface area contributed by atoms with Crippen LogP contribution in [-0.2, 0) is 0 Å². The molecule has 1 aliphatic rings. The molecule has 1 atom stereocenters. The maximum absolute atomic E-state index is 9.26. The van der Waals surface area contributed by atoms with E-state index in [1.54, 1.807) is 0 Å². The number of rotatable bonds is 3. The molecule has 0 aromatic carbocycles. The van der Waals surface area contributed by atoms with Gasteiger partial charge in [0.15, 0.2) is 0 Å². The molecule has 2 heteroatoms. The zero-order valence-corrected chi connectivity index (χ0v) is 8.51. The Morgan fingerprint density at radius 3 is 2.33 bits per heavy atom. The normalized spacial score (nSPS) is 24.8. The van der Waals surface area contributed by atoms with Gasteiger partial charge in [0, 0.05) is 12.1 Å². The van der Waals surface area contributed by atoms with Crippen LogP contribution < -0.4 is 0 Å². The Labute approximate surface area is 75.6 Å². The van der Waals surface area contributed by atoms with Crippen LogP contribution in [0.1, 0.15) is 39.5 Å². The number of aliphatic hydroxyl groups excluding tert-OH is 1. The minimum Gasteiger partial charge on any atom is -0.392 e. The lowest BCUT2D eigenvalue weighted by molar-refractivity contribution is 0.0740. The first kappa shape index (κ1) is 10.0. The second kappa shape index (κ2) is 3.75. The van der Waals surface area contributed by atoms with Crippen molar-refractivity contribution in [3.05, 3.63) is 0 Å². The summed E-state index contributed by atoms with van der Waals surface area (Å²) in [6.45, 7) is 4.97. The molecule has 0 heterocycles. The summed E-state index contributed by atoms with van der Waals surface area (Å²) < 4.78 is 0. The van der Waals surface area contributed by atoms with E-state index in [9.17, 15) is 5.11 Å². The third-order valence-electron chi connectivity index (χ3n) is 3.14. The molecule has 0 radical (unpaired) electrons. The van der Waals surface area contributed by atoms with Gasteiger partial charge in [-0.05, 0) is 33.7 Å². The van der Waals surface area contributed by atoms with Crippen molar-refractivity contribution in [3.63, 3.8) is 0 Å². The predicted octanol–water partition coefficient (Wildman–Crippen LogP) is 1.63. The summed E-state index contributed by atoms with van der Waals surface area (Å²) in [6.07, 6.45) is 5.07. The number of hydrogen-bond donors (Lipinski definition) is 1. The quantitative estimate of drug-likeness (QED) is 0.697. The molecule has 1 N–H and O–H groups in total. The molecule has 1 unspecified atom stereocenters. The largest absolute Gasteiger partial charge is 0.392 e. The topological polar surface area (TPSA) is 23.5 Å². The molecule has 72 valence electrons. The average Bonchev–Trinajstić information content (AvgIpc) is 2.36. The van der Waals surface area contributed by atoms with E-state index >= 15 is 0 Å². The third kappa shape index (κ3) is 2.20. The highest BCUT2D eigenvalue weighted by Crippen LogP contribution is 2.33. The van der Waals surface area contributed by atoms with Crippen molar-refractivity contribution in [2.75, 3.05) is 13.6 Å². The van der Waals surface area contributed by atoms with Crippen molar-refractivity contribution in [2.45, 2.75) is 51.2 Å². The molecule has 1 rings (SSSR count). The highest BCUT2D eigenvalue weighted by Gasteiger charge is 2.32. The standard InChI is InChI=1S/C10H21NO/c1-9(12)8-11(3)10(2)6-4-5-7-10/h9,12H,4-8H2,1-3H3. The molecule has 0 aromatic heterocycles. The second-order valence-corrected chi connectivity index (χ2v) is 4.43.